The Balaban J connectivity index is 2.31. The van der Waals surface area contributed by atoms with Crippen LogP contribution in [0, 0.1) is 0 Å². The third-order valence-corrected chi connectivity index (χ3v) is 3.93. The second-order valence-electron chi connectivity index (χ2n) is 7.74. The number of nitrogens with zero attached hydrogens (tertiary/aromatic N) is 2. The van der Waals surface area contributed by atoms with Gasteiger partial charge in [-0.15, -0.1) is 0 Å². The molecule has 0 atom stereocenters. The van der Waals surface area contributed by atoms with Crippen molar-refractivity contribution >= 4 is 29.1 Å². The van der Waals surface area contributed by atoms with Crippen molar-refractivity contribution in [1.82, 2.24) is 4.68 Å². The fraction of sp³-hybridized carbons (Fsp3) is 0.409. The van der Waals surface area contributed by atoms with E-state index in [0.29, 0.717) is 10.9 Å². The van der Waals surface area contributed by atoms with Gasteiger partial charge in [0, 0.05) is 25.7 Å². The Hall–Kier alpha value is -3.29. The van der Waals surface area contributed by atoms with Crippen molar-refractivity contribution < 1.29 is 23.8 Å². The standard InChI is InChI=1S/C22H28N2O6/c1-7-28-20(26)17-14-24(23(5)6)18-11-10-15(13-16(18)19(17)25)9-8-12-29-21(27)30-22(2,3)4/h8-11,13-14H,7,12H2,1-6H3/b9-8-. The number of esters is 1. The van der Waals surface area contributed by atoms with Crippen LogP contribution in [-0.2, 0) is 14.2 Å². The SMILES string of the molecule is CCOC(=O)c1cn(N(C)C)c2ccc(/C=C\COC(=O)OC(C)(C)C)cc2c1=O. The Labute approximate surface area is 175 Å². The smallest absolute Gasteiger partial charge is 0.462 e. The highest BCUT2D eigenvalue weighted by molar-refractivity contribution is 5.94. The molecule has 2 aromatic rings. The quantitative estimate of drug-likeness (QED) is 0.668. The number of ether oxygens (including phenoxy) is 3. The predicted molar refractivity (Wildman–Crippen MR) is 115 cm³/mol. The molecule has 0 fully saturated rings. The van der Waals surface area contributed by atoms with E-state index in [1.807, 2.05) is 6.07 Å². The fourth-order valence-electron chi connectivity index (χ4n) is 2.70. The van der Waals surface area contributed by atoms with Crippen molar-refractivity contribution in [3.8, 4) is 0 Å². The van der Waals surface area contributed by atoms with Crippen LogP contribution in [0.25, 0.3) is 17.0 Å². The molecular weight excluding hydrogens is 388 g/mol. The van der Waals surface area contributed by atoms with Crippen LogP contribution in [0.2, 0.25) is 0 Å². The van der Waals surface area contributed by atoms with Crippen molar-refractivity contribution in [2.75, 3.05) is 32.3 Å². The zero-order chi connectivity index (χ0) is 22.5. The van der Waals surface area contributed by atoms with E-state index in [4.69, 9.17) is 14.2 Å². The summed E-state index contributed by atoms with van der Waals surface area (Å²) >= 11 is 0. The van der Waals surface area contributed by atoms with Gasteiger partial charge in [0.2, 0.25) is 5.43 Å². The molecule has 8 heteroatoms. The van der Waals surface area contributed by atoms with Gasteiger partial charge in [-0.2, -0.15) is 0 Å². The van der Waals surface area contributed by atoms with Crippen molar-refractivity contribution in [2.24, 2.45) is 0 Å². The van der Waals surface area contributed by atoms with E-state index < -0.39 is 23.2 Å². The number of hydrogen-bond acceptors (Lipinski definition) is 7. The monoisotopic (exact) mass is 416 g/mol. The molecule has 1 aromatic carbocycles. The van der Waals surface area contributed by atoms with Gasteiger partial charge < -0.3 is 19.2 Å². The molecule has 0 bridgehead atoms. The number of fused-ring (bicyclic) bond motifs is 1. The summed E-state index contributed by atoms with van der Waals surface area (Å²) in [4.78, 5) is 36.7. The first-order chi connectivity index (χ1) is 14.0. The Morgan fingerprint density at radius 1 is 1.17 bits per heavy atom. The molecule has 0 amide bonds. The van der Waals surface area contributed by atoms with E-state index in [1.54, 1.807) is 75.8 Å². The maximum atomic E-state index is 12.9. The zero-order valence-corrected chi connectivity index (χ0v) is 18.2. The fourth-order valence-corrected chi connectivity index (χ4v) is 2.70. The van der Waals surface area contributed by atoms with E-state index in [1.165, 1.54) is 6.20 Å². The topological polar surface area (TPSA) is 87.1 Å². The van der Waals surface area contributed by atoms with Gasteiger partial charge in [-0.1, -0.05) is 12.1 Å². The number of rotatable bonds is 6. The van der Waals surface area contributed by atoms with Crippen LogP contribution >= 0.6 is 0 Å². The van der Waals surface area contributed by atoms with E-state index in [2.05, 4.69) is 0 Å². The van der Waals surface area contributed by atoms with Crippen LogP contribution < -0.4 is 10.4 Å². The van der Waals surface area contributed by atoms with Crippen LogP contribution in [0.15, 0.2) is 35.3 Å². The first kappa shape index (κ1) is 23.0. The third kappa shape index (κ3) is 5.85. The van der Waals surface area contributed by atoms with Gasteiger partial charge in [-0.05, 0) is 51.5 Å². The first-order valence-corrected chi connectivity index (χ1v) is 9.60. The average molecular weight is 416 g/mol. The highest BCUT2D eigenvalue weighted by Gasteiger charge is 2.18. The number of pyridine rings is 1. The zero-order valence-electron chi connectivity index (χ0n) is 18.2. The molecule has 0 aliphatic carbocycles. The lowest BCUT2D eigenvalue weighted by Crippen LogP contribution is -2.30. The van der Waals surface area contributed by atoms with Gasteiger partial charge in [0.05, 0.1) is 12.1 Å². The average Bonchev–Trinajstić information content (AvgIpc) is 2.64. The summed E-state index contributed by atoms with van der Waals surface area (Å²) in [6.07, 6.45) is 4.09. The minimum Gasteiger partial charge on any atom is -0.462 e. The van der Waals surface area contributed by atoms with Crippen LogP contribution in [0.4, 0.5) is 4.79 Å². The summed E-state index contributed by atoms with van der Waals surface area (Å²) < 4.78 is 16.8. The first-order valence-electron chi connectivity index (χ1n) is 9.60. The van der Waals surface area contributed by atoms with Gasteiger partial charge in [-0.25, -0.2) is 9.59 Å². The number of hydrogen-bond donors (Lipinski definition) is 0. The van der Waals surface area contributed by atoms with Crippen molar-refractivity contribution in [3.05, 3.63) is 51.8 Å². The second-order valence-corrected chi connectivity index (χ2v) is 7.74. The summed E-state index contributed by atoms with van der Waals surface area (Å²) in [5, 5.41) is 2.14. The van der Waals surface area contributed by atoms with Crippen LogP contribution in [-0.4, -0.2) is 49.7 Å². The normalized spacial score (nSPS) is 11.5. The van der Waals surface area contributed by atoms with Crippen LogP contribution in [0.1, 0.15) is 43.6 Å². The van der Waals surface area contributed by atoms with Crippen molar-refractivity contribution in [2.45, 2.75) is 33.3 Å². The highest BCUT2D eigenvalue weighted by atomic mass is 16.7. The number of carbonyl (C=O) groups excluding carboxylic acids is 2. The third-order valence-electron chi connectivity index (χ3n) is 3.93. The molecule has 1 heterocycles. The van der Waals surface area contributed by atoms with E-state index in [-0.39, 0.29) is 18.8 Å². The lowest BCUT2D eigenvalue weighted by atomic mass is 10.1. The Bertz CT molecular complexity index is 1010. The second kappa shape index (κ2) is 9.47. The van der Waals surface area contributed by atoms with Gasteiger partial charge >= 0.3 is 12.1 Å². The summed E-state index contributed by atoms with van der Waals surface area (Å²) in [7, 11) is 3.61. The Kier molecular flexibility index (Phi) is 7.26. The van der Waals surface area contributed by atoms with Crippen molar-refractivity contribution in [1.29, 1.82) is 0 Å². The molecule has 0 spiro atoms. The minimum absolute atomic E-state index is 0.0255. The highest BCUT2D eigenvalue weighted by Crippen LogP contribution is 2.16. The van der Waals surface area contributed by atoms with E-state index >= 15 is 0 Å². The lowest BCUT2D eigenvalue weighted by molar-refractivity contribution is -0.00237. The molecule has 0 N–H and O–H groups in total. The maximum Gasteiger partial charge on any atom is 0.509 e. The molecule has 0 aliphatic heterocycles. The number of aromatic nitrogens is 1. The summed E-state index contributed by atoms with van der Waals surface area (Å²) in [6.45, 7) is 7.15. The predicted octanol–water partition coefficient (Wildman–Crippen LogP) is 3.34. The number of carbonyl (C=O) groups is 2. The molecule has 0 radical (unpaired) electrons. The van der Waals surface area contributed by atoms with Crippen LogP contribution in [0.5, 0.6) is 0 Å². The van der Waals surface area contributed by atoms with Gasteiger partial charge in [0.15, 0.2) is 0 Å². The van der Waals surface area contributed by atoms with Gasteiger partial charge in [-0.3, -0.25) is 9.47 Å². The Morgan fingerprint density at radius 2 is 1.87 bits per heavy atom. The maximum absolute atomic E-state index is 12.9. The molecule has 8 nitrogen and oxygen atoms in total. The van der Waals surface area contributed by atoms with Gasteiger partial charge in [0.1, 0.15) is 17.8 Å². The van der Waals surface area contributed by atoms with E-state index in [9.17, 15) is 14.4 Å². The molecular formula is C22H28N2O6. The molecule has 0 saturated carbocycles. The summed E-state index contributed by atoms with van der Waals surface area (Å²) in [5.74, 6) is -0.660. The lowest BCUT2D eigenvalue weighted by Gasteiger charge is -2.20. The molecule has 1 aromatic heterocycles. The summed E-state index contributed by atoms with van der Waals surface area (Å²) in [5.41, 5.74) is 0.315. The van der Waals surface area contributed by atoms with Crippen LogP contribution in [0.3, 0.4) is 0 Å². The Morgan fingerprint density at radius 3 is 2.47 bits per heavy atom. The van der Waals surface area contributed by atoms with Gasteiger partial charge in [0.25, 0.3) is 0 Å². The largest absolute Gasteiger partial charge is 0.509 e. The molecule has 0 unspecified atom stereocenters. The number of benzene rings is 1. The molecule has 30 heavy (non-hydrogen) atoms. The van der Waals surface area contributed by atoms with E-state index in [0.717, 1.165) is 5.56 Å². The minimum atomic E-state index is -0.751. The molecule has 0 aliphatic rings. The summed E-state index contributed by atoms with van der Waals surface area (Å²) in [6, 6.07) is 5.31. The van der Waals surface area contributed by atoms with Crippen molar-refractivity contribution in [3.63, 3.8) is 0 Å². The molecule has 0 saturated heterocycles. The molecule has 2 rings (SSSR count). The molecule has 162 valence electrons.